The van der Waals surface area contributed by atoms with Crippen molar-refractivity contribution in [1.82, 2.24) is 14.5 Å². The number of nitrogens with zero attached hydrogens (tertiary/aromatic N) is 3. The largest absolute Gasteiger partial charge is 0.433 e. The average molecular weight is 394 g/mol. The molecule has 5 nitrogen and oxygen atoms in total. The molecule has 0 saturated carbocycles. The molecule has 0 radical (unpaired) electrons. The molecule has 1 N–H and O–H groups in total. The third-order valence-electron chi connectivity index (χ3n) is 4.80. The Labute approximate surface area is 162 Å². The lowest BCUT2D eigenvalue weighted by atomic mass is 10.1. The maximum atomic E-state index is 13.3. The minimum absolute atomic E-state index is 0.107. The predicted octanol–water partition coefficient (Wildman–Crippen LogP) is 4.60. The Bertz CT molecular complexity index is 1260. The first kappa shape index (κ1) is 17.4. The van der Waals surface area contributed by atoms with Crippen molar-refractivity contribution in [3.05, 3.63) is 71.9 Å². The monoisotopic (exact) mass is 394 g/mol. The van der Waals surface area contributed by atoms with Crippen LogP contribution in [-0.2, 0) is 17.4 Å². The number of carbonyl (C=O) groups excluding carboxylic acids is 1. The number of benzene rings is 2. The molecule has 1 aliphatic rings. The fourth-order valence-corrected chi connectivity index (χ4v) is 3.50. The van der Waals surface area contributed by atoms with Crippen LogP contribution < -0.4 is 5.32 Å². The lowest BCUT2D eigenvalue weighted by Gasteiger charge is -2.11. The van der Waals surface area contributed by atoms with E-state index in [1.54, 1.807) is 22.8 Å². The molecule has 0 aliphatic carbocycles. The van der Waals surface area contributed by atoms with Gasteiger partial charge in [0.2, 0.25) is 5.91 Å². The highest BCUT2D eigenvalue weighted by Gasteiger charge is 2.33. The SMILES string of the molecule is O=C1Cc2cc(-n3c(-c4ccccc4)nc4ccc(C(F)(F)F)nc43)ccc2N1. The Morgan fingerprint density at radius 3 is 2.52 bits per heavy atom. The van der Waals surface area contributed by atoms with Crippen LogP contribution in [-0.4, -0.2) is 20.4 Å². The molecule has 3 heterocycles. The lowest BCUT2D eigenvalue weighted by molar-refractivity contribution is -0.141. The van der Waals surface area contributed by atoms with E-state index < -0.39 is 11.9 Å². The van der Waals surface area contributed by atoms with Crippen molar-refractivity contribution >= 4 is 22.8 Å². The van der Waals surface area contributed by atoms with Crippen molar-refractivity contribution in [2.24, 2.45) is 0 Å². The molecule has 0 spiro atoms. The number of alkyl halides is 3. The van der Waals surface area contributed by atoms with Crippen molar-refractivity contribution < 1.29 is 18.0 Å². The molecule has 0 fully saturated rings. The second-order valence-corrected chi connectivity index (χ2v) is 6.74. The van der Waals surface area contributed by atoms with Crippen LogP contribution in [0.2, 0.25) is 0 Å². The Balaban J connectivity index is 1.79. The molecule has 4 aromatic rings. The summed E-state index contributed by atoms with van der Waals surface area (Å²) < 4.78 is 41.4. The number of aromatic nitrogens is 3. The summed E-state index contributed by atoms with van der Waals surface area (Å²) in [5.74, 6) is 0.359. The van der Waals surface area contributed by atoms with Crippen LogP contribution in [0.3, 0.4) is 0 Å². The average Bonchev–Trinajstić information content (AvgIpc) is 3.26. The number of hydrogen-bond donors (Lipinski definition) is 1. The summed E-state index contributed by atoms with van der Waals surface area (Å²) in [4.78, 5) is 20.1. The smallest absolute Gasteiger partial charge is 0.326 e. The molecule has 29 heavy (non-hydrogen) atoms. The second kappa shape index (κ2) is 6.16. The Hall–Kier alpha value is -3.68. The van der Waals surface area contributed by atoms with Crippen LogP contribution in [0.15, 0.2) is 60.7 Å². The summed E-state index contributed by atoms with van der Waals surface area (Å²) in [5.41, 5.74) is 2.29. The predicted molar refractivity (Wildman–Crippen MR) is 102 cm³/mol. The van der Waals surface area contributed by atoms with E-state index in [2.05, 4.69) is 15.3 Å². The van der Waals surface area contributed by atoms with Crippen LogP contribution in [0.25, 0.3) is 28.2 Å². The van der Waals surface area contributed by atoms with Gasteiger partial charge in [-0.2, -0.15) is 13.2 Å². The van der Waals surface area contributed by atoms with Crippen LogP contribution in [0, 0.1) is 0 Å². The van der Waals surface area contributed by atoms with Gasteiger partial charge in [0.1, 0.15) is 17.0 Å². The van der Waals surface area contributed by atoms with Crippen molar-refractivity contribution in [1.29, 1.82) is 0 Å². The Morgan fingerprint density at radius 2 is 1.76 bits per heavy atom. The van der Waals surface area contributed by atoms with E-state index in [9.17, 15) is 18.0 Å². The number of imidazole rings is 1. The minimum atomic E-state index is -4.57. The van der Waals surface area contributed by atoms with E-state index in [1.807, 2.05) is 30.3 Å². The van der Waals surface area contributed by atoms with Crippen molar-refractivity contribution in [3.8, 4) is 17.1 Å². The molecule has 0 saturated heterocycles. The van der Waals surface area contributed by atoms with E-state index in [-0.39, 0.29) is 18.0 Å². The zero-order valence-corrected chi connectivity index (χ0v) is 14.9. The highest BCUT2D eigenvalue weighted by molar-refractivity contribution is 5.99. The van der Waals surface area contributed by atoms with Gasteiger partial charge in [0.25, 0.3) is 0 Å². The molecule has 1 aliphatic heterocycles. The highest BCUT2D eigenvalue weighted by atomic mass is 19.4. The number of pyridine rings is 1. The number of halogens is 3. The summed E-state index contributed by atoms with van der Waals surface area (Å²) in [6, 6.07) is 16.7. The number of rotatable bonds is 2. The van der Waals surface area contributed by atoms with E-state index in [0.29, 0.717) is 22.7 Å². The Morgan fingerprint density at radius 1 is 0.966 bits per heavy atom. The van der Waals surface area contributed by atoms with Gasteiger partial charge in [0.15, 0.2) is 5.65 Å². The summed E-state index contributed by atoms with van der Waals surface area (Å²) in [5, 5.41) is 2.75. The molecule has 2 aromatic carbocycles. The topological polar surface area (TPSA) is 59.8 Å². The molecular formula is C21H13F3N4O. The molecule has 0 atom stereocenters. The second-order valence-electron chi connectivity index (χ2n) is 6.74. The Kier molecular flexibility index (Phi) is 3.70. The highest BCUT2D eigenvalue weighted by Crippen LogP contribution is 2.34. The van der Waals surface area contributed by atoms with Crippen molar-refractivity contribution in [3.63, 3.8) is 0 Å². The van der Waals surface area contributed by atoms with Crippen LogP contribution in [0.4, 0.5) is 18.9 Å². The number of anilines is 1. The van der Waals surface area contributed by atoms with Crippen molar-refractivity contribution in [2.75, 3.05) is 5.32 Å². The first-order valence-corrected chi connectivity index (χ1v) is 8.85. The first-order chi connectivity index (χ1) is 13.9. The number of nitrogens with one attached hydrogen (secondary N) is 1. The maximum Gasteiger partial charge on any atom is 0.433 e. The summed E-state index contributed by atoms with van der Waals surface area (Å²) in [7, 11) is 0. The number of fused-ring (bicyclic) bond motifs is 2. The number of amides is 1. The summed E-state index contributed by atoms with van der Waals surface area (Å²) >= 11 is 0. The fourth-order valence-electron chi connectivity index (χ4n) is 3.50. The zero-order valence-electron chi connectivity index (χ0n) is 14.9. The van der Waals surface area contributed by atoms with Gasteiger partial charge in [-0.15, -0.1) is 0 Å². The van der Waals surface area contributed by atoms with E-state index in [0.717, 1.165) is 17.2 Å². The molecule has 144 valence electrons. The summed E-state index contributed by atoms with van der Waals surface area (Å²) in [6.07, 6.45) is -4.35. The first-order valence-electron chi connectivity index (χ1n) is 8.85. The van der Waals surface area contributed by atoms with Gasteiger partial charge in [-0.1, -0.05) is 30.3 Å². The molecular weight excluding hydrogens is 381 g/mol. The van der Waals surface area contributed by atoms with Crippen LogP contribution >= 0.6 is 0 Å². The third kappa shape index (κ3) is 2.93. The zero-order chi connectivity index (χ0) is 20.2. The van der Waals surface area contributed by atoms with Gasteiger partial charge in [0.05, 0.1) is 6.42 Å². The minimum Gasteiger partial charge on any atom is -0.326 e. The number of hydrogen-bond acceptors (Lipinski definition) is 3. The molecule has 8 heteroatoms. The fraction of sp³-hybridized carbons (Fsp3) is 0.0952. The third-order valence-corrected chi connectivity index (χ3v) is 4.80. The number of carbonyl (C=O) groups is 1. The van der Waals surface area contributed by atoms with Gasteiger partial charge < -0.3 is 5.32 Å². The van der Waals surface area contributed by atoms with Gasteiger partial charge in [-0.3, -0.25) is 9.36 Å². The van der Waals surface area contributed by atoms with E-state index in [4.69, 9.17) is 0 Å². The van der Waals surface area contributed by atoms with Gasteiger partial charge >= 0.3 is 6.18 Å². The van der Waals surface area contributed by atoms with E-state index >= 15 is 0 Å². The molecule has 0 bridgehead atoms. The van der Waals surface area contributed by atoms with Crippen LogP contribution in [0.5, 0.6) is 0 Å². The maximum absolute atomic E-state index is 13.3. The quantitative estimate of drug-likeness (QED) is 0.541. The molecule has 1 amide bonds. The molecule has 2 aromatic heterocycles. The van der Waals surface area contributed by atoms with Gasteiger partial charge in [0, 0.05) is 16.9 Å². The van der Waals surface area contributed by atoms with Crippen LogP contribution in [0.1, 0.15) is 11.3 Å². The normalized spacial score (nSPS) is 13.6. The molecule has 5 rings (SSSR count). The van der Waals surface area contributed by atoms with E-state index in [1.165, 1.54) is 6.07 Å². The lowest BCUT2D eigenvalue weighted by Crippen LogP contribution is -2.09. The summed E-state index contributed by atoms with van der Waals surface area (Å²) in [6.45, 7) is 0. The standard InChI is InChI=1S/C21H13F3N4O/c22-21(23,24)17-9-8-16-20(27-17)28(19(26-16)12-4-2-1-3-5-12)14-6-7-15-13(10-14)11-18(29)25-15/h1-10H,11H2,(H,25,29). The van der Waals surface area contributed by atoms with Crippen molar-refractivity contribution in [2.45, 2.75) is 12.6 Å². The molecule has 0 unspecified atom stereocenters. The van der Waals surface area contributed by atoms with Gasteiger partial charge in [-0.05, 0) is 35.9 Å². The van der Waals surface area contributed by atoms with Gasteiger partial charge in [-0.25, -0.2) is 9.97 Å².